The van der Waals surface area contributed by atoms with Crippen molar-refractivity contribution in [3.05, 3.63) is 67.8 Å². The van der Waals surface area contributed by atoms with Gasteiger partial charge in [-0.25, -0.2) is 9.67 Å². The van der Waals surface area contributed by atoms with Gasteiger partial charge in [0.1, 0.15) is 0 Å². The fourth-order valence-electron chi connectivity index (χ4n) is 2.94. The lowest BCUT2D eigenvalue weighted by molar-refractivity contribution is 0.102. The molecule has 0 unspecified atom stereocenters. The Morgan fingerprint density at radius 1 is 1.28 bits per heavy atom. The monoisotopic (exact) mass is 478 g/mol. The van der Waals surface area contributed by atoms with E-state index in [1.54, 1.807) is 34.3 Å². The third kappa shape index (κ3) is 4.24. The number of Topliss-reactive ketones (excluding diaryl/α,β-unsaturated/α-hetero) is 1. The van der Waals surface area contributed by atoms with Crippen LogP contribution < -0.4 is 0 Å². The van der Waals surface area contributed by atoms with E-state index in [9.17, 15) is 4.79 Å². The van der Waals surface area contributed by atoms with Crippen LogP contribution in [0.2, 0.25) is 5.02 Å². The van der Waals surface area contributed by atoms with Crippen molar-refractivity contribution < 1.29 is 4.79 Å². The van der Waals surface area contributed by atoms with Crippen molar-refractivity contribution in [2.45, 2.75) is 18.2 Å². The van der Waals surface area contributed by atoms with Gasteiger partial charge in [0, 0.05) is 33.6 Å². The van der Waals surface area contributed by atoms with Crippen molar-refractivity contribution in [1.29, 1.82) is 0 Å². The fraction of sp³-hybridized carbons (Fsp3) is 0.158. The number of thiazole rings is 1. The quantitative estimate of drug-likeness (QED) is 0.189. The number of carbonyl (C=O) groups excluding carboxylic acids is 1. The molecule has 0 aliphatic carbocycles. The van der Waals surface area contributed by atoms with E-state index in [4.69, 9.17) is 23.8 Å². The Hall–Kier alpha value is -1.78. The highest BCUT2D eigenvalue weighted by molar-refractivity contribution is 8.01. The van der Waals surface area contributed by atoms with Gasteiger partial charge >= 0.3 is 0 Å². The first-order valence-corrected chi connectivity index (χ1v) is 12.0. The summed E-state index contributed by atoms with van der Waals surface area (Å²) in [6.07, 6.45) is 1.76. The molecule has 148 valence electrons. The molecule has 10 heteroatoms. The molecule has 4 aromatic rings. The molecule has 0 spiro atoms. The van der Waals surface area contributed by atoms with E-state index in [-0.39, 0.29) is 5.78 Å². The molecule has 0 aliphatic rings. The van der Waals surface area contributed by atoms with Gasteiger partial charge in [-0.05, 0) is 56.4 Å². The summed E-state index contributed by atoms with van der Waals surface area (Å²) < 4.78 is 5.09. The molecule has 0 atom stereocenters. The maximum atomic E-state index is 12.9. The third-order valence-electron chi connectivity index (χ3n) is 4.27. The second-order valence-electron chi connectivity index (χ2n) is 6.17. The van der Waals surface area contributed by atoms with Crippen molar-refractivity contribution >= 4 is 64.0 Å². The number of carbonyl (C=O) groups is 1. The molecule has 0 fully saturated rings. The van der Waals surface area contributed by atoms with E-state index in [0.29, 0.717) is 20.3 Å². The first-order valence-electron chi connectivity index (χ1n) is 8.55. The number of benzene rings is 1. The molecule has 0 bridgehead atoms. The average molecular weight is 479 g/mol. The van der Waals surface area contributed by atoms with Gasteiger partial charge in [-0.1, -0.05) is 34.7 Å². The number of ketones is 1. The van der Waals surface area contributed by atoms with Crippen LogP contribution in [-0.4, -0.2) is 30.9 Å². The normalized spacial score (nSPS) is 11.1. The number of nitrogens with zero attached hydrogens (tertiary/aromatic N) is 4. The molecular weight excluding hydrogens is 464 g/mol. The van der Waals surface area contributed by atoms with Crippen molar-refractivity contribution in [3.63, 3.8) is 0 Å². The van der Waals surface area contributed by atoms with Gasteiger partial charge in [0.05, 0.1) is 11.4 Å². The topological polar surface area (TPSA) is 52.7 Å². The number of thioether (sulfide) groups is 1. The lowest BCUT2D eigenvalue weighted by Gasteiger charge is -2.05. The van der Waals surface area contributed by atoms with Crippen LogP contribution >= 0.6 is 58.3 Å². The van der Waals surface area contributed by atoms with E-state index in [1.165, 1.54) is 23.1 Å². The lowest BCUT2D eigenvalue weighted by atomic mass is 10.2. The predicted molar refractivity (Wildman–Crippen MR) is 123 cm³/mol. The van der Waals surface area contributed by atoms with Gasteiger partial charge in [-0.2, -0.15) is 0 Å². The Labute approximate surface area is 190 Å². The summed E-state index contributed by atoms with van der Waals surface area (Å²) in [5.41, 5.74) is 3.46. The first kappa shape index (κ1) is 20.5. The highest BCUT2D eigenvalue weighted by atomic mass is 35.5. The molecule has 5 nitrogen and oxygen atoms in total. The summed E-state index contributed by atoms with van der Waals surface area (Å²) in [4.78, 5) is 17.2. The van der Waals surface area contributed by atoms with E-state index in [1.807, 2.05) is 42.0 Å². The molecule has 0 saturated heterocycles. The fourth-order valence-corrected chi connectivity index (χ4v) is 6.06. The van der Waals surface area contributed by atoms with Crippen molar-refractivity contribution in [1.82, 2.24) is 19.3 Å². The SMILES string of the molecule is Cc1cc(C(=O)CSc2nn(-c3ccc(Cl)cc3)c(=S)s2)c(C)n1-c1nccs1. The van der Waals surface area contributed by atoms with Gasteiger partial charge in [0.2, 0.25) is 0 Å². The second kappa shape index (κ2) is 8.53. The van der Waals surface area contributed by atoms with Crippen LogP contribution in [0.1, 0.15) is 21.7 Å². The zero-order valence-corrected chi connectivity index (χ0v) is 19.5. The molecule has 0 saturated carbocycles. The molecule has 29 heavy (non-hydrogen) atoms. The molecule has 0 aliphatic heterocycles. The standard InChI is InChI=1S/C19H15ClN4OS4/c1-11-9-15(12(2)23(11)17-21-7-8-27-17)16(25)10-28-18-22-24(19(26)29-18)14-5-3-13(20)4-6-14/h3-9H,10H2,1-2H3. The van der Waals surface area contributed by atoms with Crippen LogP contribution in [0, 0.1) is 17.8 Å². The largest absolute Gasteiger partial charge is 0.294 e. The van der Waals surface area contributed by atoms with E-state index >= 15 is 0 Å². The maximum Gasteiger partial charge on any atom is 0.193 e. The van der Waals surface area contributed by atoms with Gasteiger partial charge in [0.15, 0.2) is 19.2 Å². The minimum atomic E-state index is 0.0602. The molecule has 3 heterocycles. The summed E-state index contributed by atoms with van der Waals surface area (Å²) in [6, 6.07) is 9.25. The summed E-state index contributed by atoms with van der Waals surface area (Å²) in [5.74, 6) is 0.357. The summed E-state index contributed by atoms with van der Waals surface area (Å²) >= 11 is 15.7. The van der Waals surface area contributed by atoms with Crippen LogP contribution in [0.25, 0.3) is 10.8 Å². The van der Waals surface area contributed by atoms with Crippen LogP contribution in [0.4, 0.5) is 0 Å². The average Bonchev–Trinajstić information content (AvgIpc) is 3.40. The Morgan fingerprint density at radius 3 is 2.72 bits per heavy atom. The van der Waals surface area contributed by atoms with Crippen molar-refractivity contribution in [3.8, 4) is 10.8 Å². The second-order valence-corrected chi connectivity index (χ2v) is 10.3. The van der Waals surface area contributed by atoms with E-state index < -0.39 is 0 Å². The summed E-state index contributed by atoms with van der Waals surface area (Å²) in [7, 11) is 0. The van der Waals surface area contributed by atoms with Gasteiger partial charge in [-0.15, -0.1) is 16.4 Å². The third-order valence-corrected chi connectivity index (χ3v) is 7.64. The lowest BCUT2D eigenvalue weighted by Crippen LogP contribution is -2.05. The van der Waals surface area contributed by atoms with Gasteiger partial charge in [0.25, 0.3) is 0 Å². The number of halogens is 1. The molecule has 0 radical (unpaired) electrons. The van der Waals surface area contributed by atoms with Gasteiger partial charge in [-0.3, -0.25) is 9.36 Å². The van der Waals surface area contributed by atoms with Crippen LogP contribution in [0.3, 0.4) is 0 Å². The summed E-state index contributed by atoms with van der Waals surface area (Å²) in [5, 5.41) is 8.00. The minimum Gasteiger partial charge on any atom is -0.294 e. The highest BCUT2D eigenvalue weighted by Gasteiger charge is 2.18. The minimum absolute atomic E-state index is 0.0602. The maximum absolute atomic E-state index is 12.9. The molecule has 1 aromatic carbocycles. The Bertz CT molecular complexity index is 1220. The number of hydrogen-bond donors (Lipinski definition) is 0. The zero-order chi connectivity index (χ0) is 20.5. The Balaban J connectivity index is 1.51. The molecule has 3 aromatic heterocycles. The van der Waals surface area contributed by atoms with Crippen molar-refractivity contribution in [2.75, 3.05) is 5.75 Å². The number of hydrogen-bond acceptors (Lipinski definition) is 7. The summed E-state index contributed by atoms with van der Waals surface area (Å²) in [6.45, 7) is 3.93. The number of aryl methyl sites for hydroxylation is 1. The molecule has 4 rings (SSSR count). The Morgan fingerprint density at radius 2 is 2.03 bits per heavy atom. The van der Waals surface area contributed by atoms with Gasteiger partial charge < -0.3 is 0 Å². The van der Waals surface area contributed by atoms with Crippen LogP contribution in [0.15, 0.2) is 46.2 Å². The zero-order valence-electron chi connectivity index (χ0n) is 15.5. The van der Waals surface area contributed by atoms with E-state index in [0.717, 1.165) is 26.5 Å². The van der Waals surface area contributed by atoms with E-state index in [2.05, 4.69) is 10.1 Å². The first-order chi connectivity index (χ1) is 13.9. The molecule has 0 N–H and O–H groups in total. The molecular formula is C19H15ClN4OS4. The van der Waals surface area contributed by atoms with Crippen LogP contribution in [-0.2, 0) is 0 Å². The smallest absolute Gasteiger partial charge is 0.193 e. The Kier molecular flexibility index (Phi) is 6.03. The predicted octanol–water partition coefficient (Wildman–Crippen LogP) is 6.16. The molecule has 0 amide bonds. The van der Waals surface area contributed by atoms with Crippen molar-refractivity contribution in [2.24, 2.45) is 0 Å². The highest BCUT2D eigenvalue weighted by Crippen LogP contribution is 2.27. The number of rotatable bonds is 6. The van der Waals surface area contributed by atoms with Crippen LogP contribution in [0.5, 0.6) is 0 Å². The number of aromatic nitrogens is 4.